The number of benzene rings is 2. The molecule has 2 aromatic carbocycles. The fourth-order valence-electron chi connectivity index (χ4n) is 3.57. The smallest absolute Gasteiger partial charge is 0.323 e. The van der Waals surface area contributed by atoms with Gasteiger partial charge in [0.05, 0.1) is 13.7 Å². The third-order valence-electron chi connectivity index (χ3n) is 5.02. The van der Waals surface area contributed by atoms with Crippen LogP contribution < -0.4 is 10.1 Å². The number of aromatic nitrogens is 1. The normalized spacial score (nSPS) is 18.0. The molecule has 0 bridgehead atoms. The number of methoxy groups -OCH3 is 1. The molecular weight excluding hydrogens is 328 g/mol. The molecule has 26 heavy (non-hydrogen) atoms. The van der Waals surface area contributed by atoms with Gasteiger partial charge in [-0.15, -0.1) is 0 Å². The third kappa shape index (κ3) is 3.18. The quantitative estimate of drug-likeness (QED) is 0.670. The van der Waals surface area contributed by atoms with Gasteiger partial charge >= 0.3 is 5.97 Å². The van der Waals surface area contributed by atoms with E-state index in [2.05, 4.69) is 40.8 Å². The number of carbonyl (C=O) groups is 1. The second-order valence-electron chi connectivity index (χ2n) is 6.53. The van der Waals surface area contributed by atoms with Gasteiger partial charge in [-0.2, -0.15) is 0 Å². The number of hydrogen-bond donors (Lipinski definition) is 2. The first-order valence-corrected chi connectivity index (χ1v) is 8.86. The van der Waals surface area contributed by atoms with E-state index in [-0.39, 0.29) is 17.9 Å². The zero-order valence-corrected chi connectivity index (χ0v) is 14.7. The first-order valence-electron chi connectivity index (χ1n) is 8.86. The van der Waals surface area contributed by atoms with Gasteiger partial charge in [0, 0.05) is 36.0 Å². The summed E-state index contributed by atoms with van der Waals surface area (Å²) in [6, 6.07) is 16.2. The topological polar surface area (TPSA) is 63.4 Å². The lowest BCUT2D eigenvalue weighted by atomic mass is 9.90. The Morgan fingerprint density at radius 3 is 2.77 bits per heavy atom. The lowest BCUT2D eigenvalue weighted by Gasteiger charge is -2.20. The summed E-state index contributed by atoms with van der Waals surface area (Å²) in [5.41, 5.74) is 3.50. The maximum absolute atomic E-state index is 11.8. The summed E-state index contributed by atoms with van der Waals surface area (Å²) in [5.74, 6) is 0.793. The van der Waals surface area contributed by atoms with Crippen molar-refractivity contribution < 1.29 is 14.3 Å². The Morgan fingerprint density at radius 1 is 1.23 bits per heavy atom. The van der Waals surface area contributed by atoms with Crippen LogP contribution in [0.4, 0.5) is 0 Å². The lowest BCUT2D eigenvalue weighted by Crippen LogP contribution is -2.36. The van der Waals surface area contributed by atoms with E-state index in [1.807, 2.05) is 24.3 Å². The molecule has 0 unspecified atom stereocenters. The second kappa shape index (κ2) is 7.22. The van der Waals surface area contributed by atoms with E-state index in [4.69, 9.17) is 9.47 Å². The molecule has 0 spiro atoms. The Bertz CT molecular complexity index is 901. The van der Waals surface area contributed by atoms with Gasteiger partial charge in [-0.25, -0.2) is 0 Å². The van der Waals surface area contributed by atoms with Crippen molar-refractivity contribution in [2.24, 2.45) is 0 Å². The van der Waals surface area contributed by atoms with Gasteiger partial charge in [0.15, 0.2) is 0 Å². The summed E-state index contributed by atoms with van der Waals surface area (Å²) in [6.07, 6.45) is 2.79. The zero-order valence-electron chi connectivity index (χ0n) is 14.7. The van der Waals surface area contributed by atoms with Gasteiger partial charge in [-0.1, -0.05) is 30.3 Å². The number of nitrogens with one attached hydrogen (secondary N) is 2. The fourth-order valence-corrected chi connectivity index (χ4v) is 3.57. The van der Waals surface area contributed by atoms with E-state index in [0.717, 1.165) is 17.7 Å². The number of carbonyl (C=O) groups excluding carboxylic acids is 1. The Kier molecular flexibility index (Phi) is 4.63. The fraction of sp³-hybridized carbons (Fsp3) is 0.286. The van der Waals surface area contributed by atoms with Crippen LogP contribution in [0, 0.1) is 0 Å². The Labute approximate surface area is 152 Å². The standard InChI is InChI=1S/C21H22N2O3/c1-25-15-8-6-14(7-9-15)17(12-23-20-10-11-26-21(20)24)18-13-22-19-5-3-2-4-16(18)19/h2-9,13,17,20,22-23H,10-12H2,1H3/t17-,20-/m1/s1. The lowest BCUT2D eigenvalue weighted by molar-refractivity contribution is -0.139. The number of esters is 1. The van der Waals surface area contributed by atoms with Crippen LogP contribution in [0.15, 0.2) is 54.7 Å². The first-order chi connectivity index (χ1) is 12.8. The highest BCUT2D eigenvalue weighted by molar-refractivity contribution is 5.84. The molecular formula is C21H22N2O3. The summed E-state index contributed by atoms with van der Waals surface area (Å²) in [7, 11) is 1.67. The van der Waals surface area contributed by atoms with Gasteiger partial charge in [-0.05, 0) is 29.3 Å². The largest absolute Gasteiger partial charge is 0.497 e. The van der Waals surface area contributed by atoms with Crippen LogP contribution in [0.5, 0.6) is 5.75 Å². The molecule has 1 saturated heterocycles. The summed E-state index contributed by atoms with van der Waals surface area (Å²) in [6.45, 7) is 1.16. The third-order valence-corrected chi connectivity index (χ3v) is 5.02. The SMILES string of the molecule is COc1ccc([C@@H](CN[C@@H]2CCOC2=O)c2c[nH]c3ccccc23)cc1. The van der Waals surface area contributed by atoms with Crippen molar-refractivity contribution in [1.82, 2.24) is 10.3 Å². The predicted octanol–water partition coefficient (Wildman–Crippen LogP) is 3.21. The van der Waals surface area contributed by atoms with E-state index in [1.165, 1.54) is 16.5 Å². The van der Waals surface area contributed by atoms with E-state index in [9.17, 15) is 4.79 Å². The van der Waals surface area contributed by atoms with E-state index >= 15 is 0 Å². The average molecular weight is 350 g/mol. The van der Waals surface area contributed by atoms with Crippen molar-refractivity contribution in [3.63, 3.8) is 0 Å². The van der Waals surface area contributed by atoms with Crippen molar-refractivity contribution in [1.29, 1.82) is 0 Å². The molecule has 0 saturated carbocycles. The number of ether oxygens (including phenoxy) is 2. The van der Waals surface area contributed by atoms with Crippen LogP contribution in [0.25, 0.3) is 10.9 Å². The summed E-state index contributed by atoms with van der Waals surface area (Å²) in [4.78, 5) is 15.2. The molecule has 0 radical (unpaired) electrons. The molecule has 0 aliphatic carbocycles. The number of para-hydroxylation sites is 1. The highest BCUT2D eigenvalue weighted by Crippen LogP contribution is 2.31. The second-order valence-corrected chi connectivity index (χ2v) is 6.53. The summed E-state index contributed by atoms with van der Waals surface area (Å²) in [5, 5.41) is 4.59. The molecule has 2 heterocycles. The van der Waals surface area contributed by atoms with Crippen molar-refractivity contribution >= 4 is 16.9 Å². The van der Waals surface area contributed by atoms with Gasteiger partial charge in [0.2, 0.25) is 0 Å². The molecule has 5 nitrogen and oxygen atoms in total. The molecule has 3 aromatic rings. The molecule has 5 heteroatoms. The molecule has 2 atom stereocenters. The van der Waals surface area contributed by atoms with Crippen molar-refractivity contribution in [3.05, 3.63) is 65.9 Å². The average Bonchev–Trinajstić information content (AvgIpc) is 3.29. The minimum atomic E-state index is -0.221. The molecule has 0 amide bonds. The van der Waals surface area contributed by atoms with Gasteiger partial charge in [0.25, 0.3) is 0 Å². The van der Waals surface area contributed by atoms with Gasteiger partial charge in [-0.3, -0.25) is 4.79 Å². The first kappa shape index (κ1) is 16.7. The molecule has 4 rings (SSSR count). The molecule has 1 aliphatic rings. The number of H-pyrrole nitrogens is 1. The number of aromatic amines is 1. The molecule has 134 valence electrons. The van der Waals surface area contributed by atoms with Crippen LogP contribution >= 0.6 is 0 Å². The van der Waals surface area contributed by atoms with Crippen LogP contribution in [0.3, 0.4) is 0 Å². The minimum Gasteiger partial charge on any atom is -0.497 e. The Hall–Kier alpha value is -2.79. The van der Waals surface area contributed by atoms with Crippen LogP contribution in [0.1, 0.15) is 23.5 Å². The van der Waals surface area contributed by atoms with Gasteiger partial charge in [0.1, 0.15) is 11.8 Å². The minimum absolute atomic E-state index is 0.116. The Morgan fingerprint density at radius 2 is 2.04 bits per heavy atom. The molecule has 1 fully saturated rings. The van der Waals surface area contributed by atoms with Crippen LogP contribution in [-0.2, 0) is 9.53 Å². The number of fused-ring (bicyclic) bond motifs is 1. The molecule has 1 aliphatic heterocycles. The maximum atomic E-state index is 11.8. The monoisotopic (exact) mass is 350 g/mol. The van der Waals surface area contributed by atoms with E-state index in [0.29, 0.717) is 13.2 Å². The maximum Gasteiger partial charge on any atom is 0.323 e. The highest BCUT2D eigenvalue weighted by Gasteiger charge is 2.28. The van der Waals surface area contributed by atoms with Crippen molar-refractivity contribution in [2.45, 2.75) is 18.4 Å². The van der Waals surface area contributed by atoms with Gasteiger partial charge < -0.3 is 19.8 Å². The highest BCUT2D eigenvalue weighted by atomic mass is 16.5. The zero-order chi connectivity index (χ0) is 17.9. The van der Waals surface area contributed by atoms with Crippen molar-refractivity contribution in [2.75, 3.05) is 20.3 Å². The number of hydrogen-bond acceptors (Lipinski definition) is 4. The molecule has 2 N–H and O–H groups in total. The van der Waals surface area contributed by atoms with E-state index < -0.39 is 0 Å². The van der Waals surface area contributed by atoms with E-state index in [1.54, 1.807) is 7.11 Å². The van der Waals surface area contributed by atoms with Crippen LogP contribution in [-0.4, -0.2) is 37.3 Å². The molecule has 1 aromatic heterocycles. The summed E-state index contributed by atoms with van der Waals surface area (Å²) < 4.78 is 10.4. The number of rotatable bonds is 6. The van der Waals surface area contributed by atoms with Crippen LogP contribution in [0.2, 0.25) is 0 Å². The summed E-state index contributed by atoms with van der Waals surface area (Å²) >= 11 is 0. The predicted molar refractivity (Wildman–Crippen MR) is 101 cm³/mol. The number of cyclic esters (lactones) is 1. The van der Waals surface area contributed by atoms with Crippen molar-refractivity contribution in [3.8, 4) is 5.75 Å². The Balaban J connectivity index is 1.67.